The maximum absolute atomic E-state index is 7.98. The first-order valence-electron chi connectivity index (χ1n) is 17.7. The van der Waals surface area contributed by atoms with Crippen molar-refractivity contribution in [1.29, 1.82) is 0 Å². The molecule has 0 nitrogen and oxygen atoms in total. The predicted octanol–water partition coefficient (Wildman–Crippen LogP) is 13.6. The third-order valence-electron chi connectivity index (χ3n) is 11.0. The molecule has 230 valence electrons. The SMILES string of the molecule is [2H]c1ccc2cc(-c3ccc(-c4c5ccccc5c(-c5cccc6c5-c5ccc7ccccc7c5C6(C)C)c5ccccc45)cc3)ccc2c1. The first kappa shape index (κ1) is 27.0. The first-order chi connectivity index (χ1) is 24.5. The molecule has 0 aromatic heterocycles. The van der Waals surface area contributed by atoms with Gasteiger partial charge in [-0.25, -0.2) is 0 Å². The quantitative estimate of drug-likeness (QED) is 0.172. The molecule has 0 heteroatoms. The molecular formula is C49H34. The summed E-state index contributed by atoms with van der Waals surface area (Å²) in [6.07, 6.45) is 0. The third-order valence-corrected chi connectivity index (χ3v) is 11.0. The number of rotatable bonds is 3. The molecule has 0 fully saturated rings. The Morgan fingerprint density at radius 2 is 0.980 bits per heavy atom. The molecule has 0 radical (unpaired) electrons. The van der Waals surface area contributed by atoms with Gasteiger partial charge in [0.15, 0.2) is 0 Å². The van der Waals surface area contributed by atoms with Gasteiger partial charge in [-0.2, -0.15) is 0 Å². The summed E-state index contributed by atoms with van der Waals surface area (Å²) in [5.41, 5.74) is 12.9. The molecule has 0 N–H and O–H groups in total. The smallest absolute Gasteiger partial charge is 0.0616 e. The summed E-state index contributed by atoms with van der Waals surface area (Å²) < 4.78 is 7.98. The van der Waals surface area contributed by atoms with Crippen molar-refractivity contribution < 1.29 is 1.37 Å². The summed E-state index contributed by atoms with van der Waals surface area (Å²) in [5, 5.41) is 9.96. The van der Waals surface area contributed by atoms with E-state index in [1.807, 2.05) is 18.2 Å². The van der Waals surface area contributed by atoms with Crippen LogP contribution in [0.5, 0.6) is 0 Å². The molecule has 0 saturated heterocycles. The average molecular weight is 624 g/mol. The summed E-state index contributed by atoms with van der Waals surface area (Å²) in [6, 6.07) is 60.3. The lowest BCUT2D eigenvalue weighted by atomic mass is 9.79. The van der Waals surface area contributed by atoms with Gasteiger partial charge >= 0.3 is 0 Å². The molecular weight excluding hydrogens is 589 g/mol. The molecule has 0 unspecified atom stereocenters. The zero-order chi connectivity index (χ0) is 33.6. The van der Waals surface area contributed by atoms with E-state index in [0.717, 1.165) is 10.8 Å². The van der Waals surface area contributed by atoms with Crippen LogP contribution in [0.2, 0.25) is 0 Å². The van der Waals surface area contributed by atoms with Crippen LogP contribution in [-0.4, -0.2) is 0 Å². The number of hydrogen-bond donors (Lipinski definition) is 0. The van der Waals surface area contributed by atoms with Gasteiger partial charge in [0, 0.05) is 5.41 Å². The first-order valence-corrected chi connectivity index (χ1v) is 17.2. The van der Waals surface area contributed by atoms with Gasteiger partial charge in [-0.1, -0.05) is 178 Å². The van der Waals surface area contributed by atoms with Crippen molar-refractivity contribution in [2.45, 2.75) is 19.3 Å². The maximum atomic E-state index is 7.98. The predicted molar refractivity (Wildman–Crippen MR) is 210 cm³/mol. The minimum atomic E-state index is -0.121. The maximum Gasteiger partial charge on any atom is 0.0623 e. The van der Waals surface area contributed by atoms with Gasteiger partial charge in [-0.15, -0.1) is 0 Å². The minimum Gasteiger partial charge on any atom is -0.0616 e. The average Bonchev–Trinajstić information content (AvgIpc) is 3.40. The Bertz CT molecular complexity index is 2780. The number of fused-ring (bicyclic) bond motifs is 8. The summed E-state index contributed by atoms with van der Waals surface area (Å²) in [6.45, 7) is 4.78. The Kier molecular flexibility index (Phi) is 5.80. The van der Waals surface area contributed by atoms with Crippen LogP contribution in [-0.2, 0) is 5.41 Å². The lowest BCUT2D eigenvalue weighted by molar-refractivity contribution is 0.666. The topological polar surface area (TPSA) is 0 Å². The van der Waals surface area contributed by atoms with Crippen LogP contribution in [0.1, 0.15) is 26.3 Å². The van der Waals surface area contributed by atoms with Crippen molar-refractivity contribution in [3.63, 3.8) is 0 Å². The lowest BCUT2D eigenvalue weighted by Gasteiger charge is -2.23. The molecule has 9 aromatic rings. The van der Waals surface area contributed by atoms with E-state index in [0.29, 0.717) is 6.04 Å². The molecule has 0 amide bonds. The second kappa shape index (κ2) is 10.5. The molecule has 0 atom stereocenters. The molecule has 0 spiro atoms. The van der Waals surface area contributed by atoms with Gasteiger partial charge in [0.2, 0.25) is 0 Å². The van der Waals surface area contributed by atoms with E-state index in [1.54, 1.807) is 0 Å². The molecule has 1 aliphatic carbocycles. The van der Waals surface area contributed by atoms with Gasteiger partial charge in [0.25, 0.3) is 0 Å². The standard InChI is InChI=1S/C49H34/c1-49(2)44-21-11-20-42(47(44)43-29-28-33-13-5-6-15-37(33)48(43)49)46-40-18-9-7-16-38(40)45(39-17-8-10-19-41(39)46)34-25-22-32(23-26-34)36-27-24-31-12-3-4-14-35(31)30-36/h3-30H,1-2H3/i3D. The monoisotopic (exact) mass is 623 g/mol. The fourth-order valence-corrected chi connectivity index (χ4v) is 8.72. The minimum absolute atomic E-state index is 0.121. The molecule has 49 heavy (non-hydrogen) atoms. The molecule has 1 aliphatic rings. The zero-order valence-corrected chi connectivity index (χ0v) is 27.6. The van der Waals surface area contributed by atoms with Gasteiger partial charge in [-0.05, 0) is 105 Å². The summed E-state index contributed by atoms with van der Waals surface area (Å²) in [7, 11) is 0. The zero-order valence-electron chi connectivity index (χ0n) is 28.6. The highest BCUT2D eigenvalue weighted by atomic mass is 14.4. The van der Waals surface area contributed by atoms with Gasteiger partial charge in [0.1, 0.15) is 0 Å². The van der Waals surface area contributed by atoms with E-state index in [-0.39, 0.29) is 5.41 Å². The van der Waals surface area contributed by atoms with Crippen molar-refractivity contribution in [3.8, 4) is 44.5 Å². The Morgan fingerprint density at radius 3 is 1.71 bits per heavy atom. The van der Waals surface area contributed by atoms with Crippen molar-refractivity contribution in [2.24, 2.45) is 0 Å². The summed E-state index contributed by atoms with van der Waals surface area (Å²) >= 11 is 0. The normalized spacial score (nSPS) is 13.6. The molecule has 10 rings (SSSR count). The van der Waals surface area contributed by atoms with Crippen LogP contribution < -0.4 is 0 Å². The van der Waals surface area contributed by atoms with E-state index in [4.69, 9.17) is 1.37 Å². The van der Waals surface area contributed by atoms with Gasteiger partial charge in [0.05, 0.1) is 1.37 Å². The van der Waals surface area contributed by atoms with Gasteiger partial charge < -0.3 is 0 Å². The molecule has 0 saturated carbocycles. The Balaban J connectivity index is 1.19. The van der Waals surface area contributed by atoms with E-state index in [2.05, 4.69) is 159 Å². The third kappa shape index (κ3) is 4.11. The van der Waals surface area contributed by atoms with Crippen LogP contribution in [0, 0.1) is 0 Å². The van der Waals surface area contributed by atoms with Crippen LogP contribution in [0.15, 0.2) is 170 Å². The van der Waals surface area contributed by atoms with Crippen molar-refractivity contribution in [2.75, 3.05) is 0 Å². The van der Waals surface area contributed by atoms with Crippen LogP contribution in [0.3, 0.4) is 0 Å². The number of hydrogen-bond acceptors (Lipinski definition) is 0. The largest absolute Gasteiger partial charge is 0.0623 e. The Labute approximate surface area is 288 Å². The molecule has 0 bridgehead atoms. The highest BCUT2D eigenvalue weighted by Gasteiger charge is 2.38. The van der Waals surface area contributed by atoms with E-state index >= 15 is 0 Å². The highest BCUT2D eigenvalue weighted by molar-refractivity contribution is 6.23. The van der Waals surface area contributed by atoms with E-state index in [1.165, 1.54) is 88.0 Å². The summed E-state index contributed by atoms with van der Waals surface area (Å²) in [5.74, 6) is 0. The fourth-order valence-electron chi connectivity index (χ4n) is 8.72. The lowest BCUT2D eigenvalue weighted by Crippen LogP contribution is -2.15. The highest BCUT2D eigenvalue weighted by Crippen LogP contribution is 2.56. The second-order valence-corrected chi connectivity index (χ2v) is 14.0. The van der Waals surface area contributed by atoms with Crippen molar-refractivity contribution in [3.05, 3.63) is 181 Å². The van der Waals surface area contributed by atoms with Gasteiger partial charge in [-0.3, -0.25) is 0 Å². The van der Waals surface area contributed by atoms with Crippen LogP contribution in [0.25, 0.3) is 87.6 Å². The molecule has 0 aliphatic heterocycles. The molecule has 0 heterocycles. The summed E-state index contributed by atoms with van der Waals surface area (Å²) in [4.78, 5) is 0. The van der Waals surface area contributed by atoms with E-state index < -0.39 is 0 Å². The second-order valence-electron chi connectivity index (χ2n) is 14.0. The van der Waals surface area contributed by atoms with Crippen molar-refractivity contribution in [1.82, 2.24) is 0 Å². The van der Waals surface area contributed by atoms with E-state index in [9.17, 15) is 0 Å². The van der Waals surface area contributed by atoms with Crippen LogP contribution in [0.4, 0.5) is 0 Å². The number of benzene rings is 9. The fraction of sp³-hybridized carbons (Fsp3) is 0.0612. The Morgan fingerprint density at radius 1 is 0.388 bits per heavy atom. The Hall–Kier alpha value is -5.98. The van der Waals surface area contributed by atoms with Crippen molar-refractivity contribution >= 4 is 43.1 Å². The van der Waals surface area contributed by atoms with Crippen LogP contribution >= 0.6 is 0 Å². The molecule has 9 aromatic carbocycles.